The molecule has 2 N–H and O–H groups in total. The average Bonchev–Trinajstić information content (AvgIpc) is 3.22. The second kappa shape index (κ2) is 7.28. The number of amides is 1. The molecule has 2 rings (SSSR count). The van der Waals surface area contributed by atoms with Crippen molar-refractivity contribution >= 4 is 5.91 Å². The van der Waals surface area contributed by atoms with Gasteiger partial charge in [-0.2, -0.15) is 0 Å². The van der Waals surface area contributed by atoms with E-state index >= 15 is 0 Å². The molecule has 3 nitrogen and oxygen atoms in total. The van der Waals surface area contributed by atoms with E-state index < -0.39 is 0 Å². The standard InChI is InChI=1S/C16H30N2O/c1-3-15(10-13-6-7-13)18-16(19)9-12(2)14-5-4-8-17-11-14/h12-15,17H,3-11H2,1-2H3,(H,18,19). The summed E-state index contributed by atoms with van der Waals surface area (Å²) in [6.07, 6.45) is 8.25. The van der Waals surface area contributed by atoms with Gasteiger partial charge in [-0.3, -0.25) is 4.79 Å². The molecule has 0 aromatic carbocycles. The van der Waals surface area contributed by atoms with Gasteiger partial charge in [-0.1, -0.05) is 26.7 Å². The zero-order valence-corrected chi connectivity index (χ0v) is 12.6. The molecule has 19 heavy (non-hydrogen) atoms. The van der Waals surface area contributed by atoms with Crippen LogP contribution in [0, 0.1) is 17.8 Å². The van der Waals surface area contributed by atoms with Gasteiger partial charge in [0.25, 0.3) is 0 Å². The molecule has 0 spiro atoms. The van der Waals surface area contributed by atoms with Crippen LogP contribution in [0.2, 0.25) is 0 Å². The van der Waals surface area contributed by atoms with Crippen LogP contribution in [0.5, 0.6) is 0 Å². The lowest BCUT2D eigenvalue weighted by molar-refractivity contribution is -0.123. The van der Waals surface area contributed by atoms with Gasteiger partial charge in [0.05, 0.1) is 0 Å². The van der Waals surface area contributed by atoms with Gasteiger partial charge in [0.15, 0.2) is 0 Å². The van der Waals surface area contributed by atoms with E-state index in [-0.39, 0.29) is 5.91 Å². The van der Waals surface area contributed by atoms with Gasteiger partial charge in [-0.15, -0.1) is 0 Å². The molecule has 3 heteroatoms. The maximum absolute atomic E-state index is 12.1. The van der Waals surface area contributed by atoms with Crippen molar-refractivity contribution in [2.24, 2.45) is 17.8 Å². The van der Waals surface area contributed by atoms with Gasteiger partial charge in [-0.05, 0) is 56.5 Å². The molecule has 0 aromatic heterocycles. The maximum atomic E-state index is 12.1. The second-order valence-corrected chi connectivity index (χ2v) is 6.64. The van der Waals surface area contributed by atoms with Crippen LogP contribution in [-0.2, 0) is 4.79 Å². The predicted molar refractivity (Wildman–Crippen MR) is 78.9 cm³/mol. The minimum Gasteiger partial charge on any atom is -0.353 e. The largest absolute Gasteiger partial charge is 0.353 e. The van der Waals surface area contributed by atoms with Crippen LogP contribution in [-0.4, -0.2) is 25.0 Å². The molecule has 0 aromatic rings. The fraction of sp³-hybridized carbons (Fsp3) is 0.938. The number of carbonyl (C=O) groups excluding carboxylic acids is 1. The van der Waals surface area contributed by atoms with E-state index in [1.54, 1.807) is 0 Å². The minimum atomic E-state index is 0.269. The Morgan fingerprint density at radius 2 is 2.16 bits per heavy atom. The molecule has 0 bridgehead atoms. The number of nitrogens with one attached hydrogen (secondary N) is 2. The number of piperidine rings is 1. The minimum absolute atomic E-state index is 0.269. The molecular formula is C16H30N2O. The number of carbonyl (C=O) groups is 1. The van der Waals surface area contributed by atoms with Crippen LogP contribution in [0.1, 0.15) is 58.8 Å². The lowest BCUT2D eigenvalue weighted by Crippen LogP contribution is -2.38. The summed E-state index contributed by atoms with van der Waals surface area (Å²) in [6.45, 7) is 6.66. The summed E-state index contributed by atoms with van der Waals surface area (Å²) in [5.41, 5.74) is 0. The number of rotatable bonds is 7. The Morgan fingerprint density at radius 1 is 1.37 bits per heavy atom. The van der Waals surface area contributed by atoms with E-state index in [4.69, 9.17) is 0 Å². The maximum Gasteiger partial charge on any atom is 0.220 e. The van der Waals surface area contributed by atoms with Crippen LogP contribution in [0.3, 0.4) is 0 Å². The summed E-state index contributed by atoms with van der Waals surface area (Å²) in [4.78, 5) is 12.1. The quantitative estimate of drug-likeness (QED) is 0.744. The lowest BCUT2D eigenvalue weighted by Gasteiger charge is -2.28. The van der Waals surface area contributed by atoms with Crippen molar-refractivity contribution in [2.45, 2.75) is 64.8 Å². The van der Waals surface area contributed by atoms with E-state index in [0.29, 0.717) is 24.3 Å². The molecule has 1 aliphatic heterocycles. The second-order valence-electron chi connectivity index (χ2n) is 6.64. The Bertz CT molecular complexity index is 282. The monoisotopic (exact) mass is 266 g/mol. The number of hydrogen-bond acceptors (Lipinski definition) is 2. The van der Waals surface area contributed by atoms with E-state index in [1.165, 1.54) is 32.1 Å². The highest BCUT2D eigenvalue weighted by molar-refractivity contribution is 5.76. The molecule has 2 fully saturated rings. The summed E-state index contributed by atoms with van der Waals surface area (Å²) in [6, 6.07) is 0.414. The first-order chi connectivity index (χ1) is 9.19. The zero-order valence-electron chi connectivity index (χ0n) is 12.6. The SMILES string of the molecule is CCC(CC1CC1)NC(=O)CC(C)C1CCCNC1. The Labute approximate surface area is 117 Å². The Hall–Kier alpha value is -0.570. The van der Waals surface area contributed by atoms with Gasteiger partial charge >= 0.3 is 0 Å². The van der Waals surface area contributed by atoms with Crippen LogP contribution >= 0.6 is 0 Å². The first-order valence-electron chi connectivity index (χ1n) is 8.19. The van der Waals surface area contributed by atoms with Crippen LogP contribution in [0.15, 0.2) is 0 Å². The van der Waals surface area contributed by atoms with Gasteiger partial charge in [0.1, 0.15) is 0 Å². The van der Waals surface area contributed by atoms with Crippen molar-refractivity contribution in [1.82, 2.24) is 10.6 Å². The number of hydrogen-bond donors (Lipinski definition) is 2. The Balaban J connectivity index is 1.69. The van der Waals surface area contributed by atoms with Crippen molar-refractivity contribution < 1.29 is 4.79 Å². The topological polar surface area (TPSA) is 41.1 Å². The highest BCUT2D eigenvalue weighted by Crippen LogP contribution is 2.34. The lowest BCUT2D eigenvalue weighted by atomic mass is 9.85. The molecule has 2 aliphatic rings. The average molecular weight is 266 g/mol. The van der Waals surface area contributed by atoms with E-state index in [1.807, 2.05) is 0 Å². The molecule has 1 amide bonds. The van der Waals surface area contributed by atoms with Gasteiger partial charge in [0.2, 0.25) is 5.91 Å². The fourth-order valence-electron chi connectivity index (χ4n) is 3.19. The normalized spacial score (nSPS) is 26.7. The zero-order chi connectivity index (χ0) is 13.7. The van der Waals surface area contributed by atoms with Crippen molar-refractivity contribution in [2.75, 3.05) is 13.1 Å². The molecular weight excluding hydrogens is 236 g/mol. The molecule has 110 valence electrons. The van der Waals surface area contributed by atoms with E-state index in [0.717, 1.165) is 25.4 Å². The molecule has 3 unspecified atom stereocenters. The molecule has 3 atom stereocenters. The van der Waals surface area contributed by atoms with Crippen molar-refractivity contribution in [3.8, 4) is 0 Å². The van der Waals surface area contributed by atoms with Crippen LogP contribution in [0.4, 0.5) is 0 Å². The van der Waals surface area contributed by atoms with Gasteiger partial charge < -0.3 is 10.6 Å². The van der Waals surface area contributed by atoms with Crippen molar-refractivity contribution in [1.29, 1.82) is 0 Å². The summed E-state index contributed by atoms with van der Waals surface area (Å²) in [5.74, 6) is 2.35. The first-order valence-corrected chi connectivity index (χ1v) is 8.19. The third-order valence-corrected chi connectivity index (χ3v) is 4.82. The van der Waals surface area contributed by atoms with Crippen LogP contribution in [0.25, 0.3) is 0 Å². The van der Waals surface area contributed by atoms with Crippen molar-refractivity contribution in [3.63, 3.8) is 0 Å². The van der Waals surface area contributed by atoms with Crippen molar-refractivity contribution in [3.05, 3.63) is 0 Å². The highest BCUT2D eigenvalue weighted by Gasteiger charge is 2.26. The summed E-state index contributed by atoms with van der Waals surface area (Å²) >= 11 is 0. The third kappa shape index (κ3) is 5.13. The fourth-order valence-corrected chi connectivity index (χ4v) is 3.19. The Morgan fingerprint density at radius 3 is 2.74 bits per heavy atom. The summed E-state index contributed by atoms with van der Waals surface area (Å²) < 4.78 is 0. The first kappa shape index (κ1) is 14.8. The van der Waals surface area contributed by atoms with E-state index in [2.05, 4.69) is 24.5 Å². The van der Waals surface area contributed by atoms with Gasteiger partial charge in [0, 0.05) is 12.5 Å². The molecule has 0 radical (unpaired) electrons. The van der Waals surface area contributed by atoms with Gasteiger partial charge in [-0.25, -0.2) is 0 Å². The van der Waals surface area contributed by atoms with Crippen LogP contribution < -0.4 is 10.6 Å². The van der Waals surface area contributed by atoms with E-state index in [9.17, 15) is 4.79 Å². The predicted octanol–water partition coefficient (Wildman–Crippen LogP) is 2.71. The third-order valence-electron chi connectivity index (χ3n) is 4.82. The smallest absolute Gasteiger partial charge is 0.220 e. The Kier molecular flexibility index (Phi) is 5.68. The highest BCUT2D eigenvalue weighted by atomic mass is 16.1. The molecule has 1 aliphatic carbocycles. The molecule has 1 saturated heterocycles. The summed E-state index contributed by atoms with van der Waals surface area (Å²) in [5, 5.41) is 6.69. The molecule has 1 saturated carbocycles. The molecule has 1 heterocycles. The summed E-state index contributed by atoms with van der Waals surface area (Å²) in [7, 11) is 0.